The van der Waals surface area contributed by atoms with Crippen LogP contribution in [0.4, 0.5) is 0 Å². The molecule has 0 bridgehead atoms. The van der Waals surface area contributed by atoms with Crippen LogP contribution in [0.1, 0.15) is 58.8 Å². The van der Waals surface area contributed by atoms with E-state index in [0.717, 1.165) is 25.7 Å². The Morgan fingerprint density at radius 2 is 1.71 bits per heavy atom. The molecule has 0 saturated heterocycles. The Hall–Kier alpha value is -0.0900. The molecule has 0 amide bonds. The molecule has 86 valence electrons. The molecule has 4 heteroatoms. The highest BCUT2D eigenvalue weighted by Gasteiger charge is 2.06. The lowest BCUT2D eigenvalue weighted by molar-refractivity contribution is 0.480. The second kappa shape index (κ2) is 9.46. The summed E-state index contributed by atoms with van der Waals surface area (Å²) >= 11 is 0. The van der Waals surface area contributed by atoms with Crippen LogP contribution in [0.5, 0.6) is 0 Å². The van der Waals surface area contributed by atoms with Crippen molar-refractivity contribution < 1.29 is 8.42 Å². The van der Waals surface area contributed by atoms with Crippen LogP contribution in [-0.2, 0) is 10.9 Å². The van der Waals surface area contributed by atoms with Gasteiger partial charge in [-0.05, 0) is 12.8 Å². The van der Waals surface area contributed by atoms with Crippen LogP contribution in [0.2, 0.25) is 0 Å². The number of hydrogen-bond donors (Lipinski definition) is 2. The molecule has 1 atom stereocenters. The summed E-state index contributed by atoms with van der Waals surface area (Å²) in [7, 11) is -2.43. The molecule has 0 aliphatic carbocycles. The van der Waals surface area contributed by atoms with E-state index in [1.54, 1.807) is 0 Å². The van der Waals surface area contributed by atoms with Gasteiger partial charge in [-0.1, -0.05) is 46.0 Å². The molecule has 0 rings (SSSR count). The first-order valence-electron chi connectivity index (χ1n) is 5.61. The molecule has 0 saturated carbocycles. The summed E-state index contributed by atoms with van der Waals surface area (Å²) < 4.78 is 23.6. The van der Waals surface area contributed by atoms with E-state index in [2.05, 4.69) is 18.6 Å². The van der Waals surface area contributed by atoms with E-state index in [1.165, 1.54) is 19.3 Å². The highest BCUT2D eigenvalue weighted by atomic mass is 32.2. The summed E-state index contributed by atoms with van der Waals surface area (Å²) in [5, 5.41) is 0. The first kappa shape index (κ1) is 13.9. The monoisotopic (exact) mass is 221 g/mol. The molecule has 3 nitrogen and oxygen atoms in total. The van der Waals surface area contributed by atoms with Crippen molar-refractivity contribution >= 4 is 10.9 Å². The van der Waals surface area contributed by atoms with Crippen molar-refractivity contribution in [2.75, 3.05) is 0 Å². The lowest BCUT2D eigenvalue weighted by Gasteiger charge is -2.13. The summed E-state index contributed by atoms with van der Waals surface area (Å²) in [6.07, 6.45) is 7.80. The van der Waals surface area contributed by atoms with Crippen molar-refractivity contribution in [2.24, 2.45) is 0 Å². The Kier molecular flexibility index (Phi) is 9.40. The lowest BCUT2D eigenvalue weighted by atomic mass is 10.0. The fourth-order valence-corrected chi connectivity index (χ4v) is 2.14. The maximum atomic E-state index is 10.5. The Morgan fingerprint density at radius 1 is 1.00 bits per heavy atom. The van der Waals surface area contributed by atoms with E-state index in [-0.39, 0.29) is 6.04 Å². The number of thiol groups is 1. The third-order valence-electron chi connectivity index (χ3n) is 2.33. The molecule has 0 aromatic heterocycles. The average molecular weight is 221 g/mol. The van der Waals surface area contributed by atoms with Crippen LogP contribution >= 0.6 is 0 Å². The highest BCUT2D eigenvalue weighted by molar-refractivity contribution is 7.70. The molecule has 0 spiro atoms. The SMILES string of the molecule is CCCCCCC(CCC)N[SH](=O)=O. The van der Waals surface area contributed by atoms with E-state index in [4.69, 9.17) is 0 Å². The summed E-state index contributed by atoms with van der Waals surface area (Å²) in [5.74, 6) is 0. The summed E-state index contributed by atoms with van der Waals surface area (Å²) in [5.41, 5.74) is 0. The third kappa shape index (κ3) is 8.51. The van der Waals surface area contributed by atoms with Gasteiger partial charge in [0.2, 0.25) is 10.9 Å². The maximum absolute atomic E-state index is 10.5. The summed E-state index contributed by atoms with van der Waals surface area (Å²) in [4.78, 5) is 0. The van der Waals surface area contributed by atoms with E-state index in [0.29, 0.717) is 0 Å². The largest absolute Gasteiger partial charge is 0.216 e. The van der Waals surface area contributed by atoms with Crippen molar-refractivity contribution in [3.05, 3.63) is 0 Å². The van der Waals surface area contributed by atoms with Gasteiger partial charge in [-0.25, -0.2) is 13.1 Å². The predicted octanol–water partition coefficient (Wildman–Crippen LogP) is 2.24. The molecule has 0 fully saturated rings. The number of nitrogens with one attached hydrogen (secondary N) is 1. The zero-order valence-corrected chi connectivity index (χ0v) is 10.2. The van der Waals surface area contributed by atoms with E-state index >= 15 is 0 Å². The van der Waals surface area contributed by atoms with Crippen LogP contribution in [0.3, 0.4) is 0 Å². The molecular formula is C10H23NO2S. The van der Waals surface area contributed by atoms with Gasteiger partial charge in [-0.15, -0.1) is 0 Å². The predicted molar refractivity (Wildman–Crippen MR) is 60.9 cm³/mol. The first-order valence-corrected chi connectivity index (χ1v) is 6.79. The smallest absolute Gasteiger partial charge is 0.201 e. The van der Waals surface area contributed by atoms with Gasteiger partial charge in [0.15, 0.2) is 0 Å². The van der Waals surface area contributed by atoms with Gasteiger partial charge < -0.3 is 0 Å². The Bertz CT molecular complexity index is 185. The molecule has 1 N–H and O–H groups in total. The Balaban J connectivity index is 3.61. The van der Waals surface area contributed by atoms with Gasteiger partial charge in [0.1, 0.15) is 0 Å². The molecule has 0 aromatic carbocycles. The number of unbranched alkanes of at least 4 members (excludes halogenated alkanes) is 3. The minimum absolute atomic E-state index is 0.165. The minimum atomic E-state index is -2.43. The van der Waals surface area contributed by atoms with Crippen LogP contribution in [-0.4, -0.2) is 14.5 Å². The Morgan fingerprint density at radius 3 is 2.21 bits per heavy atom. The zero-order valence-electron chi connectivity index (χ0n) is 9.29. The second-order valence-corrected chi connectivity index (χ2v) is 4.49. The molecule has 0 heterocycles. The van der Waals surface area contributed by atoms with Gasteiger partial charge in [-0.2, -0.15) is 0 Å². The topological polar surface area (TPSA) is 46.2 Å². The van der Waals surface area contributed by atoms with E-state index in [9.17, 15) is 8.42 Å². The molecule has 0 aromatic rings. The van der Waals surface area contributed by atoms with Crippen LogP contribution in [0, 0.1) is 0 Å². The van der Waals surface area contributed by atoms with Crippen molar-refractivity contribution in [3.63, 3.8) is 0 Å². The van der Waals surface area contributed by atoms with Crippen molar-refractivity contribution in [3.8, 4) is 0 Å². The molecule has 0 radical (unpaired) electrons. The fraction of sp³-hybridized carbons (Fsp3) is 1.00. The molecule has 14 heavy (non-hydrogen) atoms. The molecule has 0 aliphatic heterocycles. The fourth-order valence-electron chi connectivity index (χ4n) is 1.59. The summed E-state index contributed by atoms with van der Waals surface area (Å²) in [6.45, 7) is 4.26. The van der Waals surface area contributed by atoms with Gasteiger partial charge in [0.05, 0.1) is 0 Å². The molecule has 0 aliphatic rings. The van der Waals surface area contributed by atoms with Crippen LogP contribution in [0.25, 0.3) is 0 Å². The van der Waals surface area contributed by atoms with Gasteiger partial charge in [0.25, 0.3) is 0 Å². The lowest BCUT2D eigenvalue weighted by Crippen LogP contribution is -2.27. The number of hydrogen-bond acceptors (Lipinski definition) is 2. The molecule has 1 unspecified atom stereocenters. The highest BCUT2D eigenvalue weighted by Crippen LogP contribution is 2.09. The van der Waals surface area contributed by atoms with E-state index in [1.807, 2.05) is 0 Å². The number of rotatable bonds is 9. The standard InChI is InChI=1S/C10H23NO2S/c1-3-5-6-7-9-10(8-4-2)11-14(12)13/h10,14H,3-9H2,1-2H3,(H,11,12,13). The van der Waals surface area contributed by atoms with Crippen molar-refractivity contribution in [1.29, 1.82) is 0 Å². The average Bonchev–Trinajstić information content (AvgIpc) is 2.12. The van der Waals surface area contributed by atoms with Crippen molar-refractivity contribution in [1.82, 2.24) is 4.72 Å². The van der Waals surface area contributed by atoms with Crippen LogP contribution in [0.15, 0.2) is 0 Å². The quantitative estimate of drug-likeness (QED) is 0.463. The van der Waals surface area contributed by atoms with Gasteiger partial charge in [0, 0.05) is 6.04 Å². The Labute approximate surface area is 89.4 Å². The van der Waals surface area contributed by atoms with E-state index < -0.39 is 10.9 Å². The minimum Gasteiger partial charge on any atom is -0.216 e. The van der Waals surface area contributed by atoms with Gasteiger partial charge >= 0.3 is 0 Å². The van der Waals surface area contributed by atoms with Crippen molar-refractivity contribution in [2.45, 2.75) is 64.8 Å². The molecular weight excluding hydrogens is 198 g/mol. The third-order valence-corrected chi connectivity index (χ3v) is 2.91. The first-order chi connectivity index (χ1) is 6.70. The normalized spacial score (nSPS) is 13.4. The summed E-state index contributed by atoms with van der Waals surface area (Å²) in [6, 6.07) is 0.165. The van der Waals surface area contributed by atoms with Crippen LogP contribution < -0.4 is 4.72 Å². The van der Waals surface area contributed by atoms with Gasteiger partial charge in [-0.3, -0.25) is 0 Å². The zero-order chi connectivity index (χ0) is 10.8. The maximum Gasteiger partial charge on any atom is 0.201 e. The second-order valence-electron chi connectivity index (χ2n) is 3.72.